The smallest absolute Gasteiger partial charge is 0.318 e. The van der Waals surface area contributed by atoms with E-state index in [2.05, 4.69) is 15.7 Å². The van der Waals surface area contributed by atoms with Gasteiger partial charge >= 0.3 is 6.03 Å². The zero-order chi connectivity index (χ0) is 31.4. The number of thiocarbonyl (C=S) groups is 1. The van der Waals surface area contributed by atoms with Gasteiger partial charge in [-0.3, -0.25) is 9.48 Å². The molecule has 234 valence electrons. The number of hydrogen-bond donors (Lipinski definition) is 3. The summed E-state index contributed by atoms with van der Waals surface area (Å²) in [6.07, 6.45) is 3.76. The zero-order valence-corrected chi connectivity index (χ0v) is 26.6. The minimum absolute atomic E-state index is 0.114. The highest BCUT2D eigenvalue weighted by Gasteiger charge is 2.39. The molecular formula is C32H41N7O4S. The lowest BCUT2D eigenvalue weighted by Gasteiger charge is -2.28. The Morgan fingerprint density at radius 3 is 2.75 bits per heavy atom. The quantitative estimate of drug-likeness (QED) is 0.244. The van der Waals surface area contributed by atoms with Crippen LogP contribution in [0.15, 0.2) is 48.7 Å². The number of ether oxygens (including phenoxy) is 1. The van der Waals surface area contributed by atoms with Gasteiger partial charge in [0.05, 0.1) is 36.3 Å². The number of fused-ring (bicyclic) bond motifs is 2. The molecule has 0 spiro atoms. The molecular weight excluding hydrogens is 578 g/mol. The number of unbranched alkanes of at least 4 members (excludes halogenated alkanes) is 1. The third-order valence-electron chi connectivity index (χ3n) is 8.21. The first-order valence-corrected chi connectivity index (χ1v) is 15.3. The topological polar surface area (TPSA) is 115 Å². The van der Waals surface area contributed by atoms with Crippen molar-refractivity contribution in [3.05, 3.63) is 70.9 Å². The summed E-state index contributed by atoms with van der Waals surface area (Å²) in [6, 6.07) is 12.9. The predicted molar refractivity (Wildman–Crippen MR) is 174 cm³/mol. The number of nitrogens with one attached hydrogen (secondary N) is 2. The number of nitrogens with zero attached hydrogens (tertiary/aromatic N) is 5. The molecule has 2 aliphatic rings. The Balaban J connectivity index is 1.27. The maximum Gasteiger partial charge on any atom is 0.318 e. The van der Waals surface area contributed by atoms with Crippen molar-refractivity contribution in [2.75, 3.05) is 44.1 Å². The highest BCUT2D eigenvalue weighted by Crippen LogP contribution is 2.36. The Kier molecular flexibility index (Phi) is 9.82. The predicted octanol–water partition coefficient (Wildman–Crippen LogP) is 3.96. The summed E-state index contributed by atoms with van der Waals surface area (Å²) in [4.78, 5) is 33.4. The monoisotopic (exact) mass is 619 g/mol. The second-order valence-corrected chi connectivity index (χ2v) is 12.0. The van der Waals surface area contributed by atoms with Crippen molar-refractivity contribution in [1.29, 1.82) is 0 Å². The summed E-state index contributed by atoms with van der Waals surface area (Å²) in [5.74, 6) is 0.748. The molecule has 1 fully saturated rings. The maximum atomic E-state index is 13.9. The number of amides is 3. The van der Waals surface area contributed by atoms with Crippen molar-refractivity contribution >= 4 is 46.3 Å². The van der Waals surface area contributed by atoms with Crippen LogP contribution in [0.1, 0.15) is 46.3 Å². The molecule has 0 unspecified atom stereocenters. The molecule has 2 atom stereocenters. The number of aryl methyl sites for hydroxylation is 2. The number of benzene rings is 2. The molecule has 1 saturated heterocycles. The Morgan fingerprint density at radius 1 is 1.20 bits per heavy atom. The number of urea groups is 1. The van der Waals surface area contributed by atoms with Gasteiger partial charge in [-0.05, 0) is 55.2 Å². The van der Waals surface area contributed by atoms with E-state index in [9.17, 15) is 9.59 Å². The molecule has 2 aromatic carbocycles. The highest BCUT2D eigenvalue weighted by atomic mass is 32.1. The average molecular weight is 620 g/mol. The molecule has 3 N–H and O–H groups in total. The van der Waals surface area contributed by atoms with Crippen LogP contribution in [0.2, 0.25) is 0 Å². The van der Waals surface area contributed by atoms with Gasteiger partial charge < -0.3 is 35.2 Å². The van der Waals surface area contributed by atoms with Crippen LogP contribution in [0.3, 0.4) is 0 Å². The summed E-state index contributed by atoms with van der Waals surface area (Å²) in [6.45, 7) is 3.78. The van der Waals surface area contributed by atoms with Crippen molar-refractivity contribution in [2.45, 2.75) is 51.4 Å². The average Bonchev–Trinajstić information content (AvgIpc) is 3.55. The summed E-state index contributed by atoms with van der Waals surface area (Å²) >= 11 is 5.66. The first-order valence-electron chi connectivity index (χ1n) is 14.9. The van der Waals surface area contributed by atoms with Crippen LogP contribution in [-0.2, 0) is 24.9 Å². The number of aliphatic hydroxyl groups is 1. The SMILES string of the molecule is Cc1cc(C(=O)N2Cc3cnn(C)c3Nc3ccccc32)ccc1CNC(=O)N1C[C@H](OCCCCO)C[C@H]1C(=S)N(C)C. The molecule has 3 aromatic rings. The number of aromatic nitrogens is 2. The van der Waals surface area contributed by atoms with E-state index < -0.39 is 0 Å². The first-order chi connectivity index (χ1) is 21.2. The molecule has 0 saturated carbocycles. The van der Waals surface area contributed by atoms with E-state index in [1.54, 1.807) is 20.7 Å². The lowest BCUT2D eigenvalue weighted by molar-refractivity contribution is 0.0563. The number of aliphatic hydroxyl groups excluding tert-OH is 1. The van der Waals surface area contributed by atoms with Crippen molar-refractivity contribution in [3.8, 4) is 0 Å². The highest BCUT2D eigenvalue weighted by molar-refractivity contribution is 7.80. The normalized spacial score (nSPS) is 17.4. The number of likely N-dealkylation sites (N-methyl/N-ethyl adjacent to an activating group) is 1. The molecule has 44 heavy (non-hydrogen) atoms. The minimum Gasteiger partial charge on any atom is -0.396 e. The van der Waals surface area contributed by atoms with Gasteiger partial charge in [0.1, 0.15) is 10.8 Å². The Labute approximate surface area is 263 Å². The van der Waals surface area contributed by atoms with Gasteiger partial charge in [0.25, 0.3) is 5.91 Å². The number of carbonyl (C=O) groups is 2. The fourth-order valence-corrected chi connectivity index (χ4v) is 5.96. The Morgan fingerprint density at radius 2 is 2.00 bits per heavy atom. The van der Waals surface area contributed by atoms with Gasteiger partial charge in [-0.2, -0.15) is 5.10 Å². The van der Waals surface area contributed by atoms with Crippen LogP contribution in [0.5, 0.6) is 0 Å². The van der Waals surface area contributed by atoms with E-state index in [0.717, 1.165) is 40.3 Å². The molecule has 0 aliphatic carbocycles. The van der Waals surface area contributed by atoms with Crippen LogP contribution >= 0.6 is 12.2 Å². The van der Waals surface area contributed by atoms with Crippen LogP contribution < -0.4 is 15.5 Å². The largest absolute Gasteiger partial charge is 0.396 e. The second-order valence-electron chi connectivity index (χ2n) is 11.5. The molecule has 3 heterocycles. The summed E-state index contributed by atoms with van der Waals surface area (Å²) < 4.78 is 7.78. The van der Waals surface area contributed by atoms with Crippen LogP contribution in [0, 0.1) is 6.92 Å². The molecule has 0 bridgehead atoms. The molecule has 11 nitrogen and oxygen atoms in total. The number of anilines is 3. The van der Waals surface area contributed by atoms with Crippen molar-refractivity contribution in [1.82, 2.24) is 24.9 Å². The number of rotatable bonds is 9. The second kappa shape index (κ2) is 13.7. The zero-order valence-electron chi connectivity index (χ0n) is 25.7. The number of hydrogen-bond acceptors (Lipinski definition) is 7. The van der Waals surface area contributed by atoms with Gasteiger partial charge in [0, 0.05) is 65.0 Å². The third-order valence-corrected chi connectivity index (χ3v) is 8.85. The lowest BCUT2D eigenvalue weighted by Crippen LogP contribution is -2.48. The fraction of sp³-hybridized carbons (Fsp3) is 0.438. The van der Waals surface area contributed by atoms with Crippen molar-refractivity contribution in [2.24, 2.45) is 7.05 Å². The van der Waals surface area contributed by atoms with E-state index >= 15 is 0 Å². The van der Waals surface area contributed by atoms with E-state index in [1.165, 1.54) is 0 Å². The van der Waals surface area contributed by atoms with Crippen LogP contribution in [-0.4, -0.2) is 87.6 Å². The van der Waals surface area contributed by atoms with E-state index in [4.69, 9.17) is 22.1 Å². The minimum atomic E-state index is -0.241. The molecule has 12 heteroatoms. The standard InChI is InChI=1S/C32H41N7O4S/c1-21-15-22(30(41)38-19-24-18-34-37(4)29(24)35-26-9-5-6-10-27(26)38)11-12-23(21)17-33-32(42)39-20-25(43-14-8-7-13-40)16-28(39)31(44)36(2)3/h5-6,9-12,15,18,25,28,35,40H,7-8,13-14,16-17,19-20H2,1-4H3,(H,33,42)/t25-,28+/m1/s1. The van der Waals surface area contributed by atoms with Gasteiger partial charge in [-0.25, -0.2) is 4.79 Å². The van der Waals surface area contributed by atoms with Crippen LogP contribution in [0.25, 0.3) is 0 Å². The Bertz CT molecular complexity index is 1520. The molecule has 2 aliphatic heterocycles. The van der Waals surface area contributed by atoms with Crippen molar-refractivity contribution in [3.63, 3.8) is 0 Å². The molecule has 5 rings (SSSR count). The van der Waals surface area contributed by atoms with Gasteiger partial charge in [-0.15, -0.1) is 0 Å². The maximum absolute atomic E-state index is 13.9. The van der Waals surface area contributed by atoms with E-state index in [-0.39, 0.29) is 30.7 Å². The van der Waals surface area contributed by atoms with E-state index in [0.29, 0.717) is 49.6 Å². The molecule has 1 aromatic heterocycles. The molecule has 0 radical (unpaired) electrons. The van der Waals surface area contributed by atoms with E-state index in [1.807, 2.05) is 75.4 Å². The summed E-state index contributed by atoms with van der Waals surface area (Å²) in [7, 11) is 5.65. The number of carbonyl (C=O) groups excluding carboxylic acids is 2. The number of para-hydroxylation sites is 2. The fourth-order valence-electron chi connectivity index (χ4n) is 5.73. The Hall–Kier alpha value is -4.00. The summed E-state index contributed by atoms with van der Waals surface area (Å²) in [5.41, 5.74) is 4.97. The van der Waals surface area contributed by atoms with Crippen molar-refractivity contribution < 1.29 is 19.4 Å². The summed E-state index contributed by atoms with van der Waals surface area (Å²) in [5, 5.41) is 19.9. The van der Waals surface area contributed by atoms with Crippen LogP contribution in [0.4, 0.5) is 22.0 Å². The lowest BCUT2D eigenvalue weighted by atomic mass is 10.0. The van der Waals surface area contributed by atoms with Gasteiger partial charge in [0.15, 0.2) is 0 Å². The first kappa shape index (κ1) is 31.4. The molecule has 3 amide bonds. The van der Waals surface area contributed by atoms with Gasteiger partial charge in [0.2, 0.25) is 0 Å². The number of likely N-dealkylation sites (tertiary alicyclic amines) is 1. The third kappa shape index (κ3) is 6.72. The van der Waals surface area contributed by atoms with Gasteiger partial charge in [-0.1, -0.05) is 30.4 Å².